The maximum absolute atomic E-state index is 4.44. The number of aliphatic imine (C=N–C) groups is 1. The predicted molar refractivity (Wildman–Crippen MR) is 64.3 cm³/mol. The summed E-state index contributed by atoms with van der Waals surface area (Å²) in [4.78, 5) is 6.61. The number of rotatable bonds is 4. The molecule has 0 aliphatic carbocycles. The van der Waals surface area contributed by atoms with Crippen LogP contribution in [0.25, 0.3) is 0 Å². The molecule has 80 valence electrons. The largest absolute Gasteiger partial charge is 0.337 e. The molecule has 0 heterocycles. The van der Waals surface area contributed by atoms with Crippen LogP contribution in [0, 0.1) is 5.92 Å². The Labute approximate surface area is 88.0 Å². The van der Waals surface area contributed by atoms with E-state index in [0.717, 1.165) is 12.4 Å². The minimum Gasteiger partial charge on any atom is -0.337 e. The van der Waals surface area contributed by atoms with Gasteiger partial charge in [0.1, 0.15) is 5.84 Å². The van der Waals surface area contributed by atoms with E-state index in [-0.39, 0.29) is 0 Å². The maximum atomic E-state index is 4.44. The van der Waals surface area contributed by atoms with Gasteiger partial charge in [-0.1, -0.05) is 26.0 Å². The van der Waals surface area contributed by atoms with Crippen molar-refractivity contribution in [3.8, 4) is 0 Å². The molecule has 0 N–H and O–H groups in total. The molecular formula is C12H22N2. The summed E-state index contributed by atoms with van der Waals surface area (Å²) in [5.74, 6) is 1.56. The summed E-state index contributed by atoms with van der Waals surface area (Å²) in [6.45, 7) is 11.4. The smallest absolute Gasteiger partial charge is 0.111 e. The standard InChI is InChI=1S/C12H22N2/c1-6-9-13-12(11(4)5)14(8-3)10-7-2/h6-7,9-11H,8H2,1-5H3/b9-6-,10-7-,13-12?. The average Bonchev–Trinajstić information content (AvgIpc) is 2.16. The fourth-order valence-corrected chi connectivity index (χ4v) is 1.23. The van der Waals surface area contributed by atoms with Crippen LogP contribution >= 0.6 is 0 Å². The van der Waals surface area contributed by atoms with Crippen molar-refractivity contribution >= 4 is 5.84 Å². The quantitative estimate of drug-likeness (QED) is 0.494. The van der Waals surface area contributed by atoms with E-state index < -0.39 is 0 Å². The van der Waals surface area contributed by atoms with Gasteiger partial charge in [0, 0.05) is 24.9 Å². The zero-order valence-corrected chi connectivity index (χ0v) is 9.99. The molecule has 0 saturated heterocycles. The average molecular weight is 194 g/mol. The van der Waals surface area contributed by atoms with E-state index in [1.807, 2.05) is 32.2 Å². The molecule has 0 unspecified atom stereocenters. The third-order valence-corrected chi connectivity index (χ3v) is 1.84. The zero-order chi connectivity index (χ0) is 11.0. The van der Waals surface area contributed by atoms with E-state index in [4.69, 9.17) is 0 Å². The highest BCUT2D eigenvalue weighted by Gasteiger charge is 2.09. The molecular weight excluding hydrogens is 172 g/mol. The van der Waals surface area contributed by atoms with E-state index >= 15 is 0 Å². The lowest BCUT2D eigenvalue weighted by Gasteiger charge is -2.22. The van der Waals surface area contributed by atoms with Gasteiger partial charge in [-0.2, -0.15) is 0 Å². The van der Waals surface area contributed by atoms with Crippen LogP contribution in [0.4, 0.5) is 0 Å². The van der Waals surface area contributed by atoms with Gasteiger partial charge in [0.05, 0.1) is 0 Å². The molecule has 0 aromatic carbocycles. The zero-order valence-electron chi connectivity index (χ0n) is 9.99. The van der Waals surface area contributed by atoms with Gasteiger partial charge in [-0.25, -0.2) is 4.99 Å². The van der Waals surface area contributed by atoms with Crippen LogP contribution in [-0.2, 0) is 0 Å². The normalized spacial score (nSPS) is 13.4. The molecule has 0 aromatic rings. The molecule has 0 aliphatic rings. The maximum Gasteiger partial charge on any atom is 0.111 e. The summed E-state index contributed by atoms with van der Waals surface area (Å²) in [5, 5.41) is 0. The molecule has 2 heteroatoms. The second-order valence-electron chi connectivity index (χ2n) is 3.39. The van der Waals surface area contributed by atoms with Gasteiger partial charge in [-0.15, -0.1) is 0 Å². The Morgan fingerprint density at radius 2 is 1.93 bits per heavy atom. The molecule has 14 heavy (non-hydrogen) atoms. The monoisotopic (exact) mass is 194 g/mol. The second kappa shape index (κ2) is 7.36. The first-order valence-electron chi connectivity index (χ1n) is 5.25. The summed E-state index contributed by atoms with van der Waals surface area (Å²) < 4.78 is 0. The third-order valence-electron chi connectivity index (χ3n) is 1.84. The van der Waals surface area contributed by atoms with E-state index in [1.54, 1.807) is 0 Å². The van der Waals surface area contributed by atoms with Crippen LogP contribution in [0.5, 0.6) is 0 Å². The molecule has 0 amide bonds. The van der Waals surface area contributed by atoms with Crippen molar-refractivity contribution in [2.75, 3.05) is 6.54 Å². The highest BCUT2D eigenvalue weighted by molar-refractivity contribution is 5.85. The summed E-state index contributed by atoms with van der Waals surface area (Å²) >= 11 is 0. The SMILES string of the molecule is C/C=C\N=C(C(C)C)N(/C=C\C)CC. The van der Waals surface area contributed by atoms with Crippen LogP contribution in [-0.4, -0.2) is 17.3 Å². The summed E-state index contributed by atoms with van der Waals surface area (Å²) in [6, 6.07) is 0. The Balaban J connectivity index is 4.77. The van der Waals surface area contributed by atoms with Crippen molar-refractivity contribution in [2.24, 2.45) is 10.9 Å². The van der Waals surface area contributed by atoms with E-state index in [0.29, 0.717) is 5.92 Å². The van der Waals surface area contributed by atoms with Gasteiger partial charge in [0.2, 0.25) is 0 Å². The molecule has 2 nitrogen and oxygen atoms in total. The predicted octanol–water partition coefficient (Wildman–Crippen LogP) is 3.43. The molecule has 0 spiro atoms. The summed E-state index contributed by atoms with van der Waals surface area (Å²) in [6.07, 6.45) is 7.91. The molecule has 0 atom stereocenters. The van der Waals surface area contributed by atoms with Crippen molar-refractivity contribution in [1.82, 2.24) is 4.90 Å². The Hall–Kier alpha value is -1.05. The van der Waals surface area contributed by atoms with E-state index in [2.05, 4.69) is 36.9 Å². The van der Waals surface area contributed by atoms with Gasteiger partial charge in [0.25, 0.3) is 0 Å². The molecule has 0 bridgehead atoms. The fourth-order valence-electron chi connectivity index (χ4n) is 1.23. The van der Waals surface area contributed by atoms with Gasteiger partial charge in [-0.05, 0) is 20.8 Å². The second-order valence-corrected chi connectivity index (χ2v) is 3.39. The number of hydrogen-bond donors (Lipinski definition) is 0. The lowest BCUT2D eigenvalue weighted by atomic mass is 10.2. The van der Waals surface area contributed by atoms with Crippen molar-refractivity contribution in [2.45, 2.75) is 34.6 Å². The number of amidine groups is 1. The minimum absolute atomic E-state index is 0.447. The van der Waals surface area contributed by atoms with Gasteiger partial charge in [-0.3, -0.25) is 0 Å². The topological polar surface area (TPSA) is 15.6 Å². The van der Waals surface area contributed by atoms with Crippen molar-refractivity contribution in [3.63, 3.8) is 0 Å². The summed E-state index contributed by atoms with van der Waals surface area (Å²) in [7, 11) is 0. The Bertz CT molecular complexity index is 224. The van der Waals surface area contributed by atoms with Crippen LogP contribution in [0.3, 0.4) is 0 Å². The molecule has 0 aliphatic heterocycles. The molecule has 0 rings (SSSR count). The molecule has 0 aromatic heterocycles. The number of allylic oxidation sites excluding steroid dienone is 2. The minimum atomic E-state index is 0.447. The molecule has 0 saturated carbocycles. The first-order valence-corrected chi connectivity index (χ1v) is 5.25. The van der Waals surface area contributed by atoms with Gasteiger partial charge < -0.3 is 4.90 Å². The number of nitrogens with zero attached hydrogens (tertiary/aromatic N) is 2. The van der Waals surface area contributed by atoms with Gasteiger partial charge in [0.15, 0.2) is 0 Å². The highest BCUT2D eigenvalue weighted by atomic mass is 15.2. The van der Waals surface area contributed by atoms with Crippen molar-refractivity contribution in [3.05, 3.63) is 24.6 Å². The Morgan fingerprint density at radius 1 is 1.29 bits per heavy atom. The third kappa shape index (κ3) is 4.26. The lowest BCUT2D eigenvalue weighted by molar-refractivity contribution is 0.550. The van der Waals surface area contributed by atoms with E-state index in [9.17, 15) is 0 Å². The van der Waals surface area contributed by atoms with Crippen molar-refractivity contribution < 1.29 is 0 Å². The van der Waals surface area contributed by atoms with Gasteiger partial charge >= 0.3 is 0 Å². The Morgan fingerprint density at radius 3 is 2.29 bits per heavy atom. The van der Waals surface area contributed by atoms with Crippen LogP contribution in [0.15, 0.2) is 29.5 Å². The van der Waals surface area contributed by atoms with Crippen LogP contribution in [0.1, 0.15) is 34.6 Å². The number of hydrogen-bond acceptors (Lipinski definition) is 1. The van der Waals surface area contributed by atoms with Crippen molar-refractivity contribution in [1.29, 1.82) is 0 Å². The Kier molecular flexibility index (Phi) is 6.81. The highest BCUT2D eigenvalue weighted by Crippen LogP contribution is 2.05. The fraction of sp³-hybridized carbons (Fsp3) is 0.583. The summed E-state index contributed by atoms with van der Waals surface area (Å²) in [5.41, 5.74) is 0. The lowest BCUT2D eigenvalue weighted by Crippen LogP contribution is -2.29. The molecule has 0 radical (unpaired) electrons. The first kappa shape index (κ1) is 12.9. The van der Waals surface area contributed by atoms with Crippen LogP contribution < -0.4 is 0 Å². The first-order chi connectivity index (χ1) is 6.67. The molecule has 0 fully saturated rings. The van der Waals surface area contributed by atoms with E-state index in [1.165, 1.54) is 0 Å². The van der Waals surface area contributed by atoms with Crippen LogP contribution in [0.2, 0.25) is 0 Å².